The van der Waals surface area contributed by atoms with Gasteiger partial charge in [0.15, 0.2) is 0 Å². The minimum absolute atomic E-state index is 0.107. The normalized spacial score (nSPS) is 21.6. The van der Waals surface area contributed by atoms with E-state index in [0.717, 1.165) is 30.6 Å². The third kappa shape index (κ3) is 1.55. The van der Waals surface area contributed by atoms with Gasteiger partial charge in [0.25, 0.3) is 0 Å². The summed E-state index contributed by atoms with van der Waals surface area (Å²) >= 11 is 0. The van der Waals surface area contributed by atoms with Gasteiger partial charge in [-0.3, -0.25) is 0 Å². The summed E-state index contributed by atoms with van der Waals surface area (Å²) in [6, 6.07) is 5.53. The molecule has 1 aliphatic rings. The number of nitrogens with zero attached hydrogens (tertiary/aromatic N) is 1. The van der Waals surface area contributed by atoms with Crippen LogP contribution in [0.3, 0.4) is 0 Å². The van der Waals surface area contributed by atoms with Crippen molar-refractivity contribution in [1.29, 1.82) is 0 Å². The second-order valence-corrected chi connectivity index (χ2v) is 3.91. The molecule has 3 N–H and O–H groups in total. The fraction of sp³-hybridized carbons (Fsp3) is 0.455. The van der Waals surface area contributed by atoms with Crippen molar-refractivity contribution in [1.82, 2.24) is 0 Å². The molecule has 2 rings (SSSR count). The van der Waals surface area contributed by atoms with Crippen LogP contribution >= 0.6 is 0 Å². The van der Waals surface area contributed by atoms with Gasteiger partial charge >= 0.3 is 0 Å². The van der Waals surface area contributed by atoms with Gasteiger partial charge in [-0.05, 0) is 24.5 Å². The van der Waals surface area contributed by atoms with Crippen molar-refractivity contribution in [3.63, 3.8) is 0 Å². The van der Waals surface area contributed by atoms with E-state index < -0.39 is 0 Å². The average Bonchev–Trinajstić information content (AvgIpc) is 2.28. The lowest BCUT2D eigenvalue weighted by molar-refractivity contribution is 0.475. The highest BCUT2D eigenvalue weighted by Gasteiger charge is 2.18. The molecule has 0 saturated heterocycles. The van der Waals surface area contributed by atoms with Crippen LogP contribution in [-0.2, 0) is 0 Å². The third-order valence-corrected chi connectivity index (χ3v) is 2.83. The Hall–Kier alpha value is -1.22. The van der Waals surface area contributed by atoms with Crippen LogP contribution in [0.25, 0.3) is 0 Å². The Morgan fingerprint density at radius 2 is 2.29 bits per heavy atom. The van der Waals surface area contributed by atoms with E-state index in [1.807, 2.05) is 13.1 Å². The number of benzene rings is 1. The molecule has 0 saturated carbocycles. The maximum atomic E-state index is 9.42. The molecular weight excluding hydrogens is 176 g/mol. The van der Waals surface area contributed by atoms with Crippen LogP contribution in [0, 0.1) is 0 Å². The minimum Gasteiger partial charge on any atom is -0.508 e. The number of rotatable bonds is 0. The standard InChI is InChI=1S/C11H16N2O/c1-13-6-2-3-10(12)9-5-4-8(14)7-11(9)13/h4-5,7,10,14H,2-3,6,12H2,1H3. The van der Waals surface area contributed by atoms with E-state index in [1.54, 1.807) is 12.1 Å². The van der Waals surface area contributed by atoms with Crippen LogP contribution in [0.5, 0.6) is 5.75 Å². The van der Waals surface area contributed by atoms with Gasteiger partial charge in [-0.2, -0.15) is 0 Å². The van der Waals surface area contributed by atoms with Gasteiger partial charge in [-0.1, -0.05) is 6.07 Å². The molecule has 76 valence electrons. The summed E-state index contributed by atoms with van der Waals surface area (Å²) in [6.45, 7) is 1.00. The van der Waals surface area contributed by atoms with Gasteiger partial charge < -0.3 is 15.7 Å². The van der Waals surface area contributed by atoms with Crippen LogP contribution in [0.2, 0.25) is 0 Å². The number of hydrogen-bond acceptors (Lipinski definition) is 3. The van der Waals surface area contributed by atoms with E-state index >= 15 is 0 Å². The molecule has 3 heteroatoms. The van der Waals surface area contributed by atoms with Gasteiger partial charge in [0, 0.05) is 31.4 Å². The highest BCUT2D eigenvalue weighted by atomic mass is 16.3. The Kier molecular flexibility index (Phi) is 2.33. The molecule has 1 aromatic carbocycles. The minimum atomic E-state index is 0.107. The van der Waals surface area contributed by atoms with Crippen LogP contribution in [-0.4, -0.2) is 18.7 Å². The first-order valence-electron chi connectivity index (χ1n) is 4.98. The van der Waals surface area contributed by atoms with Crippen molar-refractivity contribution in [2.45, 2.75) is 18.9 Å². The summed E-state index contributed by atoms with van der Waals surface area (Å²) in [7, 11) is 2.04. The summed E-state index contributed by atoms with van der Waals surface area (Å²) in [4.78, 5) is 2.15. The number of hydrogen-bond donors (Lipinski definition) is 2. The summed E-state index contributed by atoms with van der Waals surface area (Å²) in [5.41, 5.74) is 8.26. The van der Waals surface area contributed by atoms with Gasteiger partial charge in [0.2, 0.25) is 0 Å². The lowest BCUT2D eigenvalue weighted by Crippen LogP contribution is -2.17. The lowest BCUT2D eigenvalue weighted by Gasteiger charge is -2.20. The van der Waals surface area contributed by atoms with Crippen molar-refractivity contribution in [2.75, 3.05) is 18.5 Å². The zero-order chi connectivity index (χ0) is 10.1. The molecule has 0 fully saturated rings. The molecule has 14 heavy (non-hydrogen) atoms. The highest BCUT2D eigenvalue weighted by molar-refractivity contribution is 5.58. The van der Waals surface area contributed by atoms with E-state index in [0.29, 0.717) is 5.75 Å². The Bertz CT molecular complexity index is 338. The van der Waals surface area contributed by atoms with Crippen LogP contribution < -0.4 is 10.6 Å². The Morgan fingerprint density at radius 1 is 1.50 bits per heavy atom. The molecule has 0 aliphatic carbocycles. The molecule has 1 atom stereocenters. The maximum Gasteiger partial charge on any atom is 0.117 e. The molecule has 0 amide bonds. The maximum absolute atomic E-state index is 9.42. The van der Waals surface area contributed by atoms with Crippen molar-refractivity contribution >= 4 is 5.69 Å². The first kappa shape index (κ1) is 9.34. The second kappa shape index (κ2) is 3.50. The third-order valence-electron chi connectivity index (χ3n) is 2.83. The van der Waals surface area contributed by atoms with Crippen molar-refractivity contribution < 1.29 is 5.11 Å². The van der Waals surface area contributed by atoms with E-state index in [-0.39, 0.29) is 6.04 Å². The quantitative estimate of drug-likeness (QED) is 0.656. The summed E-state index contributed by atoms with van der Waals surface area (Å²) < 4.78 is 0. The molecule has 0 aromatic heterocycles. The number of nitrogens with two attached hydrogens (primary N) is 1. The monoisotopic (exact) mass is 192 g/mol. The fourth-order valence-electron chi connectivity index (χ4n) is 2.00. The predicted molar refractivity (Wildman–Crippen MR) is 57.5 cm³/mol. The molecule has 1 aliphatic heterocycles. The van der Waals surface area contributed by atoms with E-state index in [9.17, 15) is 5.11 Å². The van der Waals surface area contributed by atoms with Gasteiger partial charge in [-0.15, -0.1) is 0 Å². The molecule has 1 unspecified atom stereocenters. The summed E-state index contributed by atoms with van der Waals surface area (Å²) in [5.74, 6) is 0.310. The molecule has 0 bridgehead atoms. The van der Waals surface area contributed by atoms with Crippen LogP contribution in [0.4, 0.5) is 5.69 Å². The predicted octanol–water partition coefficient (Wildman–Crippen LogP) is 1.62. The van der Waals surface area contributed by atoms with E-state index in [4.69, 9.17) is 5.73 Å². The Labute approximate surface area is 84.1 Å². The second-order valence-electron chi connectivity index (χ2n) is 3.91. The fourth-order valence-corrected chi connectivity index (χ4v) is 2.00. The van der Waals surface area contributed by atoms with Crippen molar-refractivity contribution in [3.05, 3.63) is 23.8 Å². The number of anilines is 1. The number of phenolic OH excluding ortho intramolecular Hbond substituents is 1. The summed E-state index contributed by atoms with van der Waals surface area (Å²) in [6.07, 6.45) is 2.12. The molecular formula is C11H16N2O. The molecule has 0 spiro atoms. The SMILES string of the molecule is CN1CCCC(N)c2ccc(O)cc21. The van der Waals surface area contributed by atoms with Gasteiger partial charge in [0.1, 0.15) is 5.75 Å². The summed E-state index contributed by atoms with van der Waals surface area (Å²) in [5, 5.41) is 9.42. The van der Waals surface area contributed by atoms with Gasteiger partial charge in [0.05, 0.1) is 0 Å². The molecule has 0 radical (unpaired) electrons. The number of phenols is 1. The van der Waals surface area contributed by atoms with E-state index in [2.05, 4.69) is 4.90 Å². The zero-order valence-electron chi connectivity index (χ0n) is 8.40. The highest BCUT2D eigenvalue weighted by Crippen LogP contribution is 2.33. The van der Waals surface area contributed by atoms with Crippen molar-refractivity contribution in [3.8, 4) is 5.75 Å². The largest absolute Gasteiger partial charge is 0.508 e. The van der Waals surface area contributed by atoms with Crippen molar-refractivity contribution in [2.24, 2.45) is 5.73 Å². The van der Waals surface area contributed by atoms with Gasteiger partial charge in [-0.25, -0.2) is 0 Å². The molecule has 1 aromatic rings. The smallest absolute Gasteiger partial charge is 0.117 e. The molecule has 3 nitrogen and oxygen atoms in total. The Morgan fingerprint density at radius 3 is 3.07 bits per heavy atom. The number of aromatic hydroxyl groups is 1. The first-order valence-corrected chi connectivity index (χ1v) is 4.98. The zero-order valence-corrected chi connectivity index (χ0v) is 8.40. The first-order chi connectivity index (χ1) is 6.68. The van der Waals surface area contributed by atoms with Crippen LogP contribution in [0.15, 0.2) is 18.2 Å². The lowest BCUT2D eigenvalue weighted by atomic mass is 10.0. The van der Waals surface area contributed by atoms with Crippen LogP contribution in [0.1, 0.15) is 24.4 Å². The Balaban J connectivity index is 2.48. The topological polar surface area (TPSA) is 49.5 Å². The van der Waals surface area contributed by atoms with E-state index in [1.165, 1.54) is 0 Å². The molecule has 1 heterocycles. The average molecular weight is 192 g/mol. The number of fused-ring (bicyclic) bond motifs is 1.